The lowest BCUT2D eigenvalue weighted by atomic mass is 10.1. The number of amides is 1. The van der Waals surface area contributed by atoms with Crippen molar-refractivity contribution in [2.45, 2.75) is 19.9 Å². The van der Waals surface area contributed by atoms with Gasteiger partial charge in [0, 0.05) is 17.1 Å². The van der Waals surface area contributed by atoms with E-state index in [1.165, 1.54) is 6.07 Å². The van der Waals surface area contributed by atoms with Crippen LogP contribution in [-0.2, 0) is 4.79 Å². The first-order chi connectivity index (χ1) is 11.4. The Morgan fingerprint density at radius 3 is 2.62 bits per heavy atom. The quantitative estimate of drug-likeness (QED) is 0.614. The molecule has 2 N–H and O–H groups in total. The number of para-hydroxylation sites is 1. The number of hydrogen-bond acceptors (Lipinski definition) is 4. The minimum Gasteiger partial charge on any atom is -0.319 e. The van der Waals surface area contributed by atoms with Gasteiger partial charge in [-0.1, -0.05) is 41.9 Å². The van der Waals surface area contributed by atoms with Crippen LogP contribution in [0.4, 0.5) is 11.4 Å². The molecule has 0 fully saturated rings. The van der Waals surface area contributed by atoms with Crippen molar-refractivity contribution in [1.82, 2.24) is 5.32 Å². The van der Waals surface area contributed by atoms with Crippen molar-refractivity contribution >= 4 is 28.9 Å². The Morgan fingerprint density at radius 1 is 1.25 bits per heavy atom. The molecule has 1 amide bonds. The van der Waals surface area contributed by atoms with Gasteiger partial charge >= 0.3 is 0 Å². The molecule has 0 saturated heterocycles. The highest BCUT2D eigenvalue weighted by Gasteiger charge is 2.18. The lowest BCUT2D eigenvalue weighted by molar-refractivity contribution is -0.384. The maximum absolute atomic E-state index is 12.1. The highest BCUT2D eigenvalue weighted by Crippen LogP contribution is 2.27. The van der Waals surface area contributed by atoms with E-state index in [1.54, 1.807) is 25.1 Å². The molecule has 0 saturated carbocycles. The maximum Gasteiger partial charge on any atom is 0.293 e. The molecule has 2 rings (SSSR count). The zero-order valence-corrected chi connectivity index (χ0v) is 14.1. The maximum atomic E-state index is 12.1. The molecule has 0 aliphatic heterocycles. The lowest BCUT2D eigenvalue weighted by Gasteiger charge is -2.16. The van der Waals surface area contributed by atoms with Gasteiger partial charge in [-0.15, -0.1) is 0 Å². The zero-order chi connectivity index (χ0) is 17.7. The second-order valence-corrected chi connectivity index (χ2v) is 5.81. The predicted octanol–water partition coefficient (Wildman–Crippen LogP) is 3.85. The summed E-state index contributed by atoms with van der Waals surface area (Å²) in [5.74, 6) is -0.355. The van der Waals surface area contributed by atoms with Gasteiger partial charge in [-0.05, 0) is 31.0 Å². The van der Waals surface area contributed by atoms with E-state index in [9.17, 15) is 14.9 Å². The van der Waals surface area contributed by atoms with E-state index < -0.39 is 4.92 Å². The van der Waals surface area contributed by atoms with Gasteiger partial charge in [-0.2, -0.15) is 0 Å². The summed E-state index contributed by atoms with van der Waals surface area (Å²) in [4.78, 5) is 22.7. The first kappa shape index (κ1) is 17.9. The summed E-state index contributed by atoms with van der Waals surface area (Å²) in [5.41, 5.74) is 1.62. The van der Waals surface area contributed by atoms with Crippen LogP contribution in [0.3, 0.4) is 0 Å². The fourth-order valence-corrected chi connectivity index (χ4v) is 2.63. The molecule has 1 atom stereocenters. The molecule has 2 aromatic rings. The van der Waals surface area contributed by atoms with E-state index in [-0.39, 0.29) is 29.9 Å². The number of nitro benzene ring substituents is 1. The molecule has 6 nitrogen and oxygen atoms in total. The Kier molecular flexibility index (Phi) is 5.89. The summed E-state index contributed by atoms with van der Waals surface area (Å²) in [7, 11) is 0. The highest BCUT2D eigenvalue weighted by molar-refractivity contribution is 6.31. The standard InChI is InChI=1S/C17H18ClN3O3/c1-11-6-5-9-15(21(23)24)17(11)20-16(22)10-19-12(2)13-7-3-4-8-14(13)18/h3-9,12,19H,10H2,1-2H3,(H,20,22)/t12-/m0/s1. The number of nitro groups is 1. The molecule has 0 unspecified atom stereocenters. The summed E-state index contributed by atoms with van der Waals surface area (Å²) in [6.45, 7) is 3.62. The van der Waals surface area contributed by atoms with E-state index in [0.717, 1.165) is 5.56 Å². The van der Waals surface area contributed by atoms with E-state index in [2.05, 4.69) is 10.6 Å². The minimum absolute atomic E-state index is 0.0118. The molecule has 24 heavy (non-hydrogen) atoms. The van der Waals surface area contributed by atoms with Crippen LogP contribution in [0.25, 0.3) is 0 Å². The second-order valence-electron chi connectivity index (χ2n) is 5.40. The SMILES string of the molecule is Cc1cccc([N+](=O)[O-])c1NC(=O)CN[C@@H](C)c1ccccc1Cl. The van der Waals surface area contributed by atoms with Crippen LogP contribution < -0.4 is 10.6 Å². The van der Waals surface area contributed by atoms with E-state index in [0.29, 0.717) is 10.6 Å². The van der Waals surface area contributed by atoms with Gasteiger partial charge in [-0.25, -0.2) is 0 Å². The van der Waals surface area contributed by atoms with Crippen molar-refractivity contribution in [3.05, 3.63) is 68.7 Å². The molecule has 2 aromatic carbocycles. The van der Waals surface area contributed by atoms with E-state index in [4.69, 9.17) is 11.6 Å². The van der Waals surface area contributed by atoms with Gasteiger partial charge in [0.1, 0.15) is 5.69 Å². The summed E-state index contributed by atoms with van der Waals surface area (Å²) >= 11 is 6.13. The first-order valence-corrected chi connectivity index (χ1v) is 7.79. The number of aryl methyl sites for hydroxylation is 1. The fraction of sp³-hybridized carbons (Fsp3) is 0.235. The average Bonchev–Trinajstić information content (AvgIpc) is 2.54. The van der Waals surface area contributed by atoms with Crippen molar-refractivity contribution in [2.75, 3.05) is 11.9 Å². The van der Waals surface area contributed by atoms with Gasteiger partial charge in [0.15, 0.2) is 0 Å². The summed E-state index contributed by atoms with van der Waals surface area (Å²) < 4.78 is 0. The number of anilines is 1. The van der Waals surface area contributed by atoms with E-state index >= 15 is 0 Å². The topological polar surface area (TPSA) is 84.3 Å². The number of halogens is 1. The number of carbonyl (C=O) groups is 1. The number of hydrogen-bond donors (Lipinski definition) is 2. The Morgan fingerprint density at radius 2 is 1.96 bits per heavy atom. The number of nitrogens with one attached hydrogen (secondary N) is 2. The van der Waals surface area contributed by atoms with Crippen LogP contribution in [0.1, 0.15) is 24.1 Å². The fourth-order valence-electron chi connectivity index (χ4n) is 2.33. The summed E-state index contributed by atoms with van der Waals surface area (Å²) in [6.07, 6.45) is 0. The molecule has 7 heteroatoms. The molecule has 0 aliphatic rings. The first-order valence-electron chi connectivity index (χ1n) is 7.42. The van der Waals surface area contributed by atoms with Crippen molar-refractivity contribution in [2.24, 2.45) is 0 Å². The third kappa shape index (κ3) is 4.31. The molecule has 0 aromatic heterocycles. The van der Waals surface area contributed by atoms with Crippen LogP contribution in [0.2, 0.25) is 5.02 Å². The third-order valence-corrected chi connectivity index (χ3v) is 4.00. The van der Waals surface area contributed by atoms with Gasteiger partial charge < -0.3 is 10.6 Å². The van der Waals surface area contributed by atoms with Crippen LogP contribution in [0.5, 0.6) is 0 Å². The lowest BCUT2D eigenvalue weighted by Crippen LogP contribution is -2.30. The third-order valence-electron chi connectivity index (χ3n) is 3.65. The average molecular weight is 348 g/mol. The van der Waals surface area contributed by atoms with Crippen molar-refractivity contribution in [1.29, 1.82) is 0 Å². The van der Waals surface area contributed by atoms with E-state index in [1.807, 2.05) is 25.1 Å². The molecule has 0 radical (unpaired) electrons. The largest absolute Gasteiger partial charge is 0.319 e. The predicted molar refractivity (Wildman–Crippen MR) is 94.3 cm³/mol. The molecule has 126 valence electrons. The Labute approximate surface area is 145 Å². The molecule has 0 aliphatic carbocycles. The van der Waals surface area contributed by atoms with Crippen LogP contribution in [-0.4, -0.2) is 17.4 Å². The summed E-state index contributed by atoms with van der Waals surface area (Å²) in [6, 6.07) is 11.9. The molecule has 0 bridgehead atoms. The zero-order valence-electron chi connectivity index (χ0n) is 13.4. The van der Waals surface area contributed by atoms with Crippen LogP contribution in [0, 0.1) is 17.0 Å². The highest BCUT2D eigenvalue weighted by atomic mass is 35.5. The summed E-state index contributed by atoms with van der Waals surface area (Å²) in [5, 5.41) is 17.4. The normalized spacial score (nSPS) is 11.8. The van der Waals surface area contributed by atoms with Gasteiger partial charge in [-0.3, -0.25) is 14.9 Å². The number of benzene rings is 2. The minimum atomic E-state index is -0.511. The van der Waals surface area contributed by atoms with Gasteiger partial charge in [0.25, 0.3) is 5.69 Å². The Balaban J connectivity index is 2.02. The molecule has 0 heterocycles. The Bertz CT molecular complexity index is 764. The Hall–Kier alpha value is -2.44. The van der Waals surface area contributed by atoms with Crippen LogP contribution in [0.15, 0.2) is 42.5 Å². The molecule has 0 spiro atoms. The smallest absolute Gasteiger partial charge is 0.293 e. The van der Waals surface area contributed by atoms with Crippen molar-refractivity contribution in [3.8, 4) is 0 Å². The number of rotatable bonds is 6. The second kappa shape index (κ2) is 7.90. The molecular formula is C17H18ClN3O3. The molecular weight excluding hydrogens is 330 g/mol. The van der Waals surface area contributed by atoms with Crippen molar-refractivity contribution < 1.29 is 9.72 Å². The number of carbonyl (C=O) groups excluding carboxylic acids is 1. The van der Waals surface area contributed by atoms with Crippen LogP contribution >= 0.6 is 11.6 Å². The van der Waals surface area contributed by atoms with Gasteiger partial charge in [0.2, 0.25) is 5.91 Å². The van der Waals surface area contributed by atoms with Crippen molar-refractivity contribution in [3.63, 3.8) is 0 Å². The van der Waals surface area contributed by atoms with Gasteiger partial charge in [0.05, 0.1) is 11.5 Å². The monoisotopic (exact) mass is 347 g/mol. The number of nitrogens with zero attached hydrogens (tertiary/aromatic N) is 1.